The third-order valence-electron chi connectivity index (χ3n) is 6.02. The number of carbonyl (C=O) groups excluding carboxylic acids is 1. The molecule has 1 unspecified atom stereocenters. The molecule has 0 spiro atoms. The maximum atomic E-state index is 11.9. The number of carbonyl (C=O) groups is 1. The highest BCUT2D eigenvalue weighted by Crippen LogP contribution is 2.40. The quantitative estimate of drug-likeness (QED) is 0.493. The second-order valence-corrected chi connectivity index (χ2v) is 7.95. The summed E-state index contributed by atoms with van der Waals surface area (Å²) in [7, 11) is 0. The molecule has 30 heavy (non-hydrogen) atoms. The Morgan fingerprint density at radius 3 is 2.50 bits per heavy atom. The molecule has 3 heteroatoms. The topological polar surface area (TPSA) is 39.1 Å². The van der Waals surface area contributed by atoms with Crippen LogP contribution < -0.4 is 5.56 Å². The van der Waals surface area contributed by atoms with E-state index in [4.69, 9.17) is 0 Å². The van der Waals surface area contributed by atoms with Gasteiger partial charge in [-0.25, -0.2) is 0 Å². The van der Waals surface area contributed by atoms with E-state index in [0.717, 1.165) is 48.7 Å². The summed E-state index contributed by atoms with van der Waals surface area (Å²) in [5.41, 5.74) is 7.12. The minimum atomic E-state index is 0.0209. The highest BCUT2D eigenvalue weighted by molar-refractivity contribution is 6.09. The summed E-state index contributed by atoms with van der Waals surface area (Å²) in [6.45, 7) is 2.77. The second kappa shape index (κ2) is 9.08. The van der Waals surface area contributed by atoms with E-state index in [9.17, 15) is 9.59 Å². The van der Waals surface area contributed by atoms with Gasteiger partial charge in [0.05, 0.1) is 6.54 Å². The van der Waals surface area contributed by atoms with Crippen LogP contribution in [0.5, 0.6) is 0 Å². The summed E-state index contributed by atoms with van der Waals surface area (Å²) in [6.07, 6.45) is 9.08. The van der Waals surface area contributed by atoms with Crippen LogP contribution in [0.2, 0.25) is 0 Å². The van der Waals surface area contributed by atoms with Crippen LogP contribution >= 0.6 is 0 Å². The van der Waals surface area contributed by atoms with Gasteiger partial charge in [0.15, 0.2) is 0 Å². The lowest BCUT2D eigenvalue weighted by molar-refractivity contribution is -0.103. The van der Waals surface area contributed by atoms with E-state index >= 15 is 0 Å². The Morgan fingerprint density at radius 1 is 0.967 bits per heavy atom. The molecule has 0 saturated carbocycles. The van der Waals surface area contributed by atoms with Crippen LogP contribution in [0.3, 0.4) is 0 Å². The van der Waals surface area contributed by atoms with Crippen molar-refractivity contribution in [2.24, 2.45) is 0 Å². The van der Waals surface area contributed by atoms with Crippen molar-refractivity contribution < 1.29 is 4.79 Å². The van der Waals surface area contributed by atoms with E-state index in [-0.39, 0.29) is 5.56 Å². The standard InChI is InChI=1S/C27H27NO2/c1-2-22-8-6-10-25-24(19-29)17-23(27(22)25)9-5-7-20-12-14-21(15-13-20)18-28-16-4-3-11-26(28)30/h3-4,6,8,10-17,19,23H,2,5,7,9,18H2,1H3. The van der Waals surface area contributed by atoms with Gasteiger partial charge in [0, 0.05) is 23.8 Å². The van der Waals surface area contributed by atoms with Gasteiger partial charge in [0.25, 0.3) is 5.56 Å². The molecule has 3 nitrogen and oxygen atoms in total. The molecule has 4 rings (SSSR count). The lowest BCUT2D eigenvalue weighted by Crippen LogP contribution is -2.18. The van der Waals surface area contributed by atoms with E-state index < -0.39 is 0 Å². The van der Waals surface area contributed by atoms with Gasteiger partial charge < -0.3 is 4.57 Å². The van der Waals surface area contributed by atoms with Crippen LogP contribution in [0.4, 0.5) is 0 Å². The van der Waals surface area contributed by atoms with Crippen molar-refractivity contribution in [2.45, 2.75) is 45.1 Å². The molecule has 0 N–H and O–H groups in total. The molecule has 2 aromatic carbocycles. The molecule has 152 valence electrons. The lowest BCUT2D eigenvalue weighted by Gasteiger charge is -2.15. The van der Waals surface area contributed by atoms with Gasteiger partial charge in [-0.3, -0.25) is 9.59 Å². The SMILES string of the molecule is CCc1cccc2c1C(CCCc1ccc(Cn3ccccc3=O)cc1)C=C2C=O. The number of rotatable bonds is 8. The summed E-state index contributed by atoms with van der Waals surface area (Å²) < 4.78 is 1.72. The first-order valence-electron chi connectivity index (χ1n) is 10.7. The zero-order chi connectivity index (χ0) is 20.9. The van der Waals surface area contributed by atoms with Crippen molar-refractivity contribution in [3.05, 3.63) is 111 Å². The van der Waals surface area contributed by atoms with Crippen molar-refractivity contribution >= 4 is 11.9 Å². The molecule has 1 atom stereocenters. The van der Waals surface area contributed by atoms with E-state index in [1.54, 1.807) is 16.7 Å². The highest BCUT2D eigenvalue weighted by Gasteiger charge is 2.24. The van der Waals surface area contributed by atoms with Crippen LogP contribution in [0.15, 0.2) is 77.7 Å². The van der Waals surface area contributed by atoms with Gasteiger partial charge in [-0.05, 0) is 59.6 Å². The predicted octanol–water partition coefficient (Wildman–Crippen LogP) is 5.16. The summed E-state index contributed by atoms with van der Waals surface area (Å²) in [6, 6.07) is 20.1. The average Bonchev–Trinajstić information content (AvgIpc) is 3.14. The molecule has 1 aliphatic rings. The molecule has 1 aliphatic carbocycles. The van der Waals surface area contributed by atoms with E-state index in [0.29, 0.717) is 12.5 Å². The maximum Gasteiger partial charge on any atom is 0.250 e. The number of aldehydes is 1. The molecule has 0 amide bonds. The Bertz CT molecular complexity index is 1120. The Labute approximate surface area is 177 Å². The predicted molar refractivity (Wildman–Crippen MR) is 122 cm³/mol. The zero-order valence-corrected chi connectivity index (χ0v) is 17.4. The molecule has 0 fully saturated rings. The van der Waals surface area contributed by atoms with Crippen LogP contribution in [0, 0.1) is 0 Å². The Hall–Kier alpha value is -3.20. The number of fused-ring (bicyclic) bond motifs is 1. The Kier molecular flexibility index (Phi) is 6.08. The summed E-state index contributed by atoms with van der Waals surface area (Å²) >= 11 is 0. The smallest absolute Gasteiger partial charge is 0.250 e. The second-order valence-electron chi connectivity index (χ2n) is 7.95. The molecular weight excluding hydrogens is 370 g/mol. The molecule has 3 aromatic rings. The van der Waals surface area contributed by atoms with Crippen molar-refractivity contribution in [1.29, 1.82) is 0 Å². The first-order valence-corrected chi connectivity index (χ1v) is 10.7. The summed E-state index contributed by atoms with van der Waals surface area (Å²) in [4.78, 5) is 23.4. The Balaban J connectivity index is 1.38. The number of hydrogen-bond acceptors (Lipinski definition) is 2. The fraction of sp³-hybridized carbons (Fsp3) is 0.259. The average molecular weight is 398 g/mol. The van der Waals surface area contributed by atoms with Crippen LogP contribution in [0.1, 0.15) is 53.5 Å². The zero-order valence-electron chi connectivity index (χ0n) is 17.4. The monoisotopic (exact) mass is 397 g/mol. The molecule has 1 aromatic heterocycles. The number of allylic oxidation sites excluding steroid dienone is 2. The maximum absolute atomic E-state index is 11.9. The number of pyridine rings is 1. The first kappa shape index (κ1) is 20.1. The van der Waals surface area contributed by atoms with Gasteiger partial charge in [0.2, 0.25) is 0 Å². The molecular formula is C27H27NO2. The van der Waals surface area contributed by atoms with Gasteiger partial charge in [-0.1, -0.05) is 61.5 Å². The highest BCUT2D eigenvalue weighted by atomic mass is 16.1. The van der Waals surface area contributed by atoms with Gasteiger partial charge in [-0.2, -0.15) is 0 Å². The van der Waals surface area contributed by atoms with Crippen LogP contribution in [-0.4, -0.2) is 10.9 Å². The summed E-state index contributed by atoms with van der Waals surface area (Å²) in [5.74, 6) is 0.334. The Morgan fingerprint density at radius 2 is 1.77 bits per heavy atom. The number of benzene rings is 2. The minimum Gasteiger partial charge on any atom is -0.311 e. The third kappa shape index (κ3) is 4.20. The van der Waals surface area contributed by atoms with Gasteiger partial charge in [0.1, 0.15) is 6.29 Å². The summed E-state index contributed by atoms with van der Waals surface area (Å²) in [5, 5.41) is 0. The van der Waals surface area contributed by atoms with Crippen LogP contribution in [0.25, 0.3) is 5.57 Å². The third-order valence-corrected chi connectivity index (χ3v) is 6.02. The van der Waals surface area contributed by atoms with Crippen molar-refractivity contribution in [2.75, 3.05) is 0 Å². The number of nitrogens with zero attached hydrogens (tertiary/aromatic N) is 1. The minimum absolute atomic E-state index is 0.0209. The largest absolute Gasteiger partial charge is 0.311 e. The van der Waals surface area contributed by atoms with Gasteiger partial charge in [-0.15, -0.1) is 0 Å². The van der Waals surface area contributed by atoms with E-state index in [2.05, 4.69) is 55.5 Å². The van der Waals surface area contributed by atoms with E-state index in [1.165, 1.54) is 16.7 Å². The number of hydrogen-bond donors (Lipinski definition) is 0. The number of aryl methyl sites for hydroxylation is 2. The fourth-order valence-corrected chi connectivity index (χ4v) is 4.46. The fourth-order valence-electron chi connectivity index (χ4n) is 4.46. The molecule has 0 bridgehead atoms. The van der Waals surface area contributed by atoms with Crippen molar-refractivity contribution in [3.8, 4) is 0 Å². The number of aromatic nitrogens is 1. The molecule has 0 aliphatic heterocycles. The van der Waals surface area contributed by atoms with Crippen molar-refractivity contribution in [3.63, 3.8) is 0 Å². The molecule has 1 heterocycles. The normalized spacial score (nSPS) is 15.0. The van der Waals surface area contributed by atoms with Gasteiger partial charge >= 0.3 is 0 Å². The van der Waals surface area contributed by atoms with E-state index in [1.807, 2.05) is 12.3 Å². The lowest BCUT2D eigenvalue weighted by atomic mass is 9.89. The van der Waals surface area contributed by atoms with Crippen molar-refractivity contribution in [1.82, 2.24) is 4.57 Å². The molecule has 0 radical (unpaired) electrons. The van der Waals surface area contributed by atoms with Crippen LogP contribution in [-0.2, 0) is 24.2 Å². The first-order chi connectivity index (χ1) is 14.7. The molecule has 0 saturated heterocycles.